The van der Waals surface area contributed by atoms with Gasteiger partial charge in [-0.1, -0.05) is 19.3 Å². The summed E-state index contributed by atoms with van der Waals surface area (Å²) in [5.74, 6) is -8.26. The molecule has 0 spiro atoms. The van der Waals surface area contributed by atoms with Crippen LogP contribution in [0.4, 0.5) is 17.6 Å². The van der Waals surface area contributed by atoms with Gasteiger partial charge in [0.05, 0.1) is 5.56 Å². The highest BCUT2D eigenvalue weighted by Gasteiger charge is 2.32. The van der Waals surface area contributed by atoms with Gasteiger partial charge in [0, 0.05) is 13.2 Å². The molecule has 0 aromatic heterocycles. The van der Waals surface area contributed by atoms with Crippen LogP contribution in [0.2, 0.25) is 0 Å². The first kappa shape index (κ1) is 17.7. The molecule has 1 saturated carbocycles. The fraction of sp³-hybridized carbons (Fsp3) is 0.562. The van der Waals surface area contributed by atoms with Crippen molar-refractivity contribution in [1.29, 1.82) is 0 Å². The van der Waals surface area contributed by atoms with E-state index < -0.39 is 34.7 Å². The van der Waals surface area contributed by atoms with Crippen LogP contribution < -0.4 is 5.32 Å². The first-order chi connectivity index (χ1) is 10.9. The number of aliphatic hydroxyl groups is 1. The summed E-state index contributed by atoms with van der Waals surface area (Å²) < 4.78 is 52.9. The molecule has 2 rings (SSSR count). The maximum atomic E-state index is 13.6. The van der Waals surface area contributed by atoms with Crippen LogP contribution >= 0.6 is 0 Å². The number of aliphatic hydroxyl groups excluding tert-OH is 1. The molecule has 0 atom stereocenters. The summed E-state index contributed by atoms with van der Waals surface area (Å²) in [5, 5.41) is 11.7. The van der Waals surface area contributed by atoms with Gasteiger partial charge in [0.1, 0.15) is 0 Å². The summed E-state index contributed by atoms with van der Waals surface area (Å²) in [4.78, 5) is 12.0. The van der Waals surface area contributed by atoms with Crippen molar-refractivity contribution in [3.63, 3.8) is 0 Å². The second-order valence-electron chi connectivity index (χ2n) is 6.06. The maximum Gasteiger partial charge on any atom is 0.254 e. The summed E-state index contributed by atoms with van der Waals surface area (Å²) in [5.41, 5.74) is -1.16. The van der Waals surface area contributed by atoms with Crippen molar-refractivity contribution in [2.45, 2.75) is 38.5 Å². The molecule has 0 saturated heterocycles. The molecule has 1 aromatic carbocycles. The summed E-state index contributed by atoms with van der Waals surface area (Å²) in [6.45, 7) is 0.135. The predicted octanol–water partition coefficient (Wildman–Crippen LogP) is 3.31. The van der Waals surface area contributed by atoms with Gasteiger partial charge in [0.15, 0.2) is 23.3 Å². The maximum absolute atomic E-state index is 13.6. The summed E-state index contributed by atoms with van der Waals surface area (Å²) in [6.07, 6.45) is 5.10. The van der Waals surface area contributed by atoms with Gasteiger partial charge >= 0.3 is 0 Å². The molecule has 1 amide bonds. The zero-order chi connectivity index (χ0) is 17.0. The van der Waals surface area contributed by atoms with Gasteiger partial charge in [-0.3, -0.25) is 4.79 Å². The third-order valence-electron chi connectivity index (χ3n) is 4.53. The topological polar surface area (TPSA) is 49.3 Å². The Labute approximate surface area is 131 Å². The van der Waals surface area contributed by atoms with Gasteiger partial charge in [-0.05, 0) is 30.7 Å². The van der Waals surface area contributed by atoms with Crippen molar-refractivity contribution in [3.8, 4) is 0 Å². The Balaban J connectivity index is 2.13. The van der Waals surface area contributed by atoms with Crippen LogP contribution in [0.5, 0.6) is 0 Å². The molecule has 1 aliphatic rings. The Morgan fingerprint density at radius 1 is 1.09 bits per heavy atom. The van der Waals surface area contributed by atoms with Gasteiger partial charge in [-0.25, -0.2) is 17.6 Å². The summed E-state index contributed by atoms with van der Waals surface area (Å²) in [6, 6.07) is 0.350. The van der Waals surface area contributed by atoms with Crippen LogP contribution in [0.3, 0.4) is 0 Å². The van der Waals surface area contributed by atoms with E-state index in [0.29, 0.717) is 12.5 Å². The van der Waals surface area contributed by atoms with Crippen LogP contribution in [0.25, 0.3) is 0 Å². The van der Waals surface area contributed by atoms with Crippen molar-refractivity contribution in [2.75, 3.05) is 13.2 Å². The first-order valence-corrected chi connectivity index (χ1v) is 7.62. The lowest BCUT2D eigenvalue weighted by Gasteiger charge is -2.37. The molecular formula is C16H19F4NO2. The van der Waals surface area contributed by atoms with Crippen LogP contribution in [0.1, 0.15) is 48.9 Å². The lowest BCUT2D eigenvalue weighted by molar-refractivity contribution is 0.0863. The number of benzene rings is 1. The average Bonchev–Trinajstić information content (AvgIpc) is 2.55. The minimum Gasteiger partial charge on any atom is -0.396 e. The average molecular weight is 333 g/mol. The lowest BCUT2D eigenvalue weighted by Crippen LogP contribution is -2.40. The van der Waals surface area contributed by atoms with Crippen molar-refractivity contribution in [3.05, 3.63) is 34.9 Å². The Hall–Kier alpha value is -1.63. The quantitative estimate of drug-likeness (QED) is 0.493. The van der Waals surface area contributed by atoms with Gasteiger partial charge in [-0.15, -0.1) is 0 Å². The largest absolute Gasteiger partial charge is 0.396 e. The second kappa shape index (κ2) is 7.29. The number of amides is 1. The zero-order valence-electron chi connectivity index (χ0n) is 12.6. The van der Waals surface area contributed by atoms with Crippen LogP contribution in [-0.2, 0) is 0 Å². The third-order valence-corrected chi connectivity index (χ3v) is 4.53. The third kappa shape index (κ3) is 3.83. The summed E-state index contributed by atoms with van der Waals surface area (Å²) in [7, 11) is 0. The molecule has 1 fully saturated rings. The van der Waals surface area contributed by atoms with E-state index in [1.54, 1.807) is 0 Å². The molecule has 128 valence electrons. The molecule has 7 heteroatoms. The number of halogens is 4. The Morgan fingerprint density at radius 2 is 1.74 bits per heavy atom. The van der Waals surface area contributed by atoms with E-state index in [9.17, 15) is 27.5 Å². The number of hydrogen-bond acceptors (Lipinski definition) is 2. The van der Waals surface area contributed by atoms with Gasteiger partial charge in [-0.2, -0.15) is 0 Å². The summed E-state index contributed by atoms with van der Waals surface area (Å²) >= 11 is 0. The van der Waals surface area contributed by atoms with Crippen LogP contribution in [-0.4, -0.2) is 24.2 Å². The Morgan fingerprint density at radius 3 is 2.35 bits per heavy atom. The Bertz CT molecular complexity index is 580. The smallest absolute Gasteiger partial charge is 0.254 e. The number of hydrogen-bond donors (Lipinski definition) is 2. The molecule has 0 unspecified atom stereocenters. The van der Waals surface area contributed by atoms with Crippen LogP contribution in [0, 0.1) is 28.7 Å². The monoisotopic (exact) mass is 333 g/mol. The molecule has 0 radical (unpaired) electrons. The first-order valence-electron chi connectivity index (χ1n) is 7.62. The normalized spacial score (nSPS) is 17.1. The van der Waals surface area contributed by atoms with E-state index in [2.05, 4.69) is 5.32 Å². The van der Waals surface area contributed by atoms with E-state index >= 15 is 0 Å². The highest BCUT2D eigenvalue weighted by atomic mass is 19.2. The molecule has 0 aliphatic heterocycles. The molecule has 0 heterocycles. The predicted molar refractivity (Wildman–Crippen MR) is 75.8 cm³/mol. The van der Waals surface area contributed by atoms with Gasteiger partial charge < -0.3 is 10.4 Å². The van der Waals surface area contributed by atoms with E-state index in [-0.39, 0.29) is 18.6 Å². The van der Waals surface area contributed by atoms with E-state index in [1.165, 1.54) is 0 Å². The number of rotatable bonds is 5. The highest BCUT2D eigenvalue weighted by Crippen LogP contribution is 2.38. The van der Waals surface area contributed by atoms with Crippen molar-refractivity contribution < 1.29 is 27.5 Å². The van der Waals surface area contributed by atoms with Gasteiger partial charge in [0.2, 0.25) is 0 Å². The SMILES string of the molecule is O=C(NCC1(CCO)CCCCC1)c1cc(F)c(F)c(F)c1F. The van der Waals surface area contributed by atoms with E-state index in [1.807, 2.05) is 0 Å². The number of carbonyl (C=O) groups excluding carboxylic acids is 1. The van der Waals surface area contributed by atoms with Crippen molar-refractivity contribution >= 4 is 5.91 Å². The fourth-order valence-electron chi connectivity index (χ4n) is 3.16. The second-order valence-corrected chi connectivity index (χ2v) is 6.06. The van der Waals surface area contributed by atoms with Gasteiger partial charge in [0.25, 0.3) is 5.91 Å². The number of carbonyl (C=O) groups is 1. The van der Waals surface area contributed by atoms with E-state index in [4.69, 9.17) is 0 Å². The molecule has 3 nitrogen and oxygen atoms in total. The minimum atomic E-state index is -2.00. The van der Waals surface area contributed by atoms with Crippen molar-refractivity contribution in [2.24, 2.45) is 5.41 Å². The molecular weight excluding hydrogens is 314 g/mol. The molecule has 1 aliphatic carbocycles. The highest BCUT2D eigenvalue weighted by molar-refractivity contribution is 5.94. The molecule has 0 bridgehead atoms. The fourth-order valence-corrected chi connectivity index (χ4v) is 3.16. The Kier molecular flexibility index (Phi) is 5.62. The lowest BCUT2D eigenvalue weighted by atomic mass is 9.72. The molecule has 23 heavy (non-hydrogen) atoms. The van der Waals surface area contributed by atoms with Crippen molar-refractivity contribution in [1.82, 2.24) is 5.32 Å². The minimum absolute atomic E-state index is 0.0377. The standard InChI is InChI=1S/C16H19F4NO2/c17-11-8-10(12(18)14(20)13(11)19)15(23)21-9-16(6-7-22)4-2-1-3-5-16/h8,22H,1-7,9H2,(H,21,23). The van der Waals surface area contributed by atoms with Crippen LogP contribution in [0.15, 0.2) is 6.07 Å². The molecule has 1 aromatic rings. The van der Waals surface area contributed by atoms with E-state index in [0.717, 1.165) is 32.1 Å². The molecule has 2 N–H and O–H groups in total. The number of nitrogens with one attached hydrogen (secondary N) is 1. The zero-order valence-corrected chi connectivity index (χ0v) is 12.6.